The third-order valence-corrected chi connectivity index (χ3v) is 4.17. The minimum atomic E-state index is 0.772. The van der Waals surface area contributed by atoms with E-state index in [1.165, 1.54) is 11.1 Å². The van der Waals surface area contributed by atoms with Crippen LogP contribution in [-0.4, -0.2) is 9.97 Å². The molecule has 0 aliphatic rings. The molecule has 0 aliphatic carbocycles. The van der Waals surface area contributed by atoms with Crippen LogP contribution < -0.4 is 0 Å². The van der Waals surface area contributed by atoms with Gasteiger partial charge in [-0.2, -0.15) is 0 Å². The van der Waals surface area contributed by atoms with E-state index in [4.69, 9.17) is 9.97 Å². The standard InChI is InChI=1S/C22H18N2/c1-15-7-5-9-17(13-15)21-19-11-3-4-12-20(19)23-22(24-21)18-10-6-8-16(2)14-18/h3-14H,1-2H3. The molecule has 1 heterocycles. The summed E-state index contributed by atoms with van der Waals surface area (Å²) in [6.07, 6.45) is 0. The van der Waals surface area contributed by atoms with Crippen LogP contribution in [0.3, 0.4) is 0 Å². The maximum absolute atomic E-state index is 4.91. The molecule has 4 rings (SSSR count). The molecule has 0 atom stereocenters. The quantitative estimate of drug-likeness (QED) is 0.483. The van der Waals surface area contributed by atoms with Gasteiger partial charge in [0.25, 0.3) is 0 Å². The zero-order valence-electron chi connectivity index (χ0n) is 13.8. The van der Waals surface area contributed by atoms with Crippen molar-refractivity contribution in [3.63, 3.8) is 0 Å². The molecule has 0 spiro atoms. The number of nitrogens with zero attached hydrogens (tertiary/aromatic N) is 2. The zero-order chi connectivity index (χ0) is 16.5. The lowest BCUT2D eigenvalue weighted by atomic mass is 10.0. The average molecular weight is 310 g/mol. The minimum Gasteiger partial charge on any atom is -0.228 e. The molecule has 0 amide bonds. The Morgan fingerprint density at radius 1 is 0.625 bits per heavy atom. The van der Waals surface area contributed by atoms with E-state index >= 15 is 0 Å². The smallest absolute Gasteiger partial charge is 0.160 e. The lowest BCUT2D eigenvalue weighted by molar-refractivity contribution is 1.22. The van der Waals surface area contributed by atoms with E-state index in [2.05, 4.69) is 74.5 Å². The van der Waals surface area contributed by atoms with Crippen molar-refractivity contribution in [2.24, 2.45) is 0 Å². The number of benzene rings is 3. The van der Waals surface area contributed by atoms with E-state index in [0.717, 1.165) is 33.5 Å². The molecule has 0 radical (unpaired) electrons. The van der Waals surface area contributed by atoms with Crippen molar-refractivity contribution < 1.29 is 0 Å². The number of hydrogen-bond donors (Lipinski definition) is 0. The maximum Gasteiger partial charge on any atom is 0.160 e. The number of aromatic nitrogens is 2. The van der Waals surface area contributed by atoms with Crippen molar-refractivity contribution in [3.8, 4) is 22.6 Å². The molecule has 0 bridgehead atoms. The first kappa shape index (κ1) is 14.6. The number of rotatable bonds is 2. The van der Waals surface area contributed by atoms with Crippen molar-refractivity contribution in [1.29, 1.82) is 0 Å². The molecular formula is C22H18N2. The van der Waals surface area contributed by atoms with Crippen LogP contribution in [0, 0.1) is 13.8 Å². The predicted molar refractivity (Wildman–Crippen MR) is 99.9 cm³/mol. The Bertz CT molecular complexity index is 1030. The van der Waals surface area contributed by atoms with Crippen LogP contribution in [-0.2, 0) is 0 Å². The van der Waals surface area contributed by atoms with Crippen LogP contribution in [0.2, 0.25) is 0 Å². The molecule has 0 saturated carbocycles. The molecule has 0 N–H and O–H groups in total. The summed E-state index contributed by atoms with van der Waals surface area (Å²) in [5, 5.41) is 1.08. The van der Waals surface area contributed by atoms with Crippen molar-refractivity contribution in [1.82, 2.24) is 9.97 Å². The first-order valence-corrected chi connectivity index (χ1v) is 8.11. The van der Waals surface area contributed by atoms with E-state index in [1.807, 2.05) is 12.1 Å². The van der Waals surface area contributed by atoms with Gasteiger partial charge >= 0.3 is 0 Å². The molecule has 0 fully saturated rings. The van der Waals surface area contributed by atoms with E-state index in [9.17, 15) is 0 Å². The highest BCUT2D eigenvalue weighted by atomic mass is 14.9. The monoisotopic (exact) mass is 310 g/mol. The third-order valence-electron chi connectivity index (χ3n) is 4.17. The van der Waals surface area contributed by atoms with Crippen LogP contribution in [0.25, 0.3) is 33.5 Å². The van der Waals surface area contributed by atoms with Gasteiger partial charge in [-0.05, 0) is 32.0 Å². The first-order valence-electron chi connectivity index (χ1n) is 8.11. The van der Waals surface area contributed by atoms with Gasteiger partial charge in [0.05, 0.1) is 11.2 Å². The van der Waals surface area contributed by atoms with Crippen LogP contribution in [0.15, 0.2) is 72.8 Å². The summed E-state index contributed by atoms with van der Waals surface area (Å²) < 4.78 is 0. The van der Waals surface area contributed by atoms with Crippen molar-refractivity contribution in [2.45, 2.75) is 13.8 Å². The van der Waals surface area contributed by atoms with Gasteiger partial charge in [0.2, 0.25) is 0 Å². The molecule has 1 aromatic heterocycles. The Balaban J connectivity index is 2.01. The van der Waals surface area contributed by atoms with Gasteiger partial charge in [-0.25, -0.2) is 9.97 Å². The maximum atomic E-state index is 4.91. The molecule has 2 heteroatoms. The van der Waals surface area contributed by atoms with Gasteiger partial charge < -0.3 is 0 Å². The lowest BCUT2D eigenvalue weighted by Crippen LogP contribution is -1.95. The molecule has 3 aromatic carbocycles. The number of hydrogen-bond acceptors (Lipinski definition) is 2. The van der Waals surface area contributed by atoms with E-state index in [1.54, 1.807) is 0 Å². The van der Waals surface area contributed by atoms with Crippen molar-refractivity contribution in [3.05, 3.63) is 83.9 Å². The van der Waals surface area contributed by atoms with Crippen LogP contribution in [0.4, 0.5) is 0 Å². The number of para-hydroxylation sites is 1. The summed E-state index contributed by atoms with van der Waals surface area (Å²) in [4.78, 5) is 9.70. The minimum absolute atomic E-state index is 0.772. The van der Waals surface area contributed by atoms with Crippen LogP contribution in [0.5, 0.6) is 0 Å². The summed E-state index contributed by atoms with van der Waals surface area (Å²) in [5.74, 6) is 0.772. The molecule has 116 valence electrons. The Morgan fingerprint density at radius 2 is 1.29 bits per heavy atom. The van der Waals surface area contributed by atoms with E-state index in [-0.39, 0.29) is 0 Å². The van der Waals surface area contributed by atoms with Gasteiger partial charge in [0.1, 0.15) is 0 Å². The fourth-order valence-electron chi connectivity index (χ4n) is 3.00. The molecular weight excluding hydrogens is 292 g/mol. The predicted octanol–water partition coefficient (Wildman–Crippen LogP) is 5.58. The molecule has 4 aromatic rings. The highest BCUT2D eigenvalue weighted by molar-refractivity contribution is 5.93. The molecule has 0 aliphatic heterocycles. The highest BCUT2D eigenvalue weighted by Gasteiger charge is 2.11. The second kappa shape index (κ2) is 5.89. The van der Waals surface area contributed by atoms with Gasteiger partial charge in [0.15, 0.2) is 5.82 Å². The normalized spacial score (nSPS) is 10.9. The summed E-state index contributed by atoms with van der Waals surface area (Å²) >= 11 is 0. The van der Waals surface area contributed by atoms with Crippen LogP contribution in [0.1, 0.15) is 11.1 Å². The first-order chi connectivity index (χ1) is 11.7. The van der Waals surface area contributed by atoms with E-state index < -0.39 is 0 Å². The van der Waals surface area contributed by atoms with Crippen molar-refractivity contribution in [2.75, 3.05) is 0 Å². The molecule has 2 nitrogen and oxygen atoms in total. The van der Waals surface area contributed by atoms with Gasteiger partial charge in [-0.1, -0.05) is 65.7 Å². The van der Waals surface area contributed by atoms with Gasteiger partial charge in [-0.3, -0.25) is 0 Å². The average Bonchev–Trinajstić information content (AvgIpc) is 2.61. The fraction of sp³-hybridized carbons (Fsp3) is 0.0909. The molecule has 0 unspecified atom stereocenters. The summed E-state index contributed by atoms with van der Waals surface area (Å²) in [6.45, 7) is 4.19. The number of aryl methyl sites for hydroxylation is 2. The zero-order valence-corrected chi connectivity index (χ0v) is 13.8. The Morgan fingerprint density at radius 3 is 2.04 bits per heavy atom. The summed E-state index contributed by atoms with van der Waals surface area (Å²) in [7, 11) is 0. The topological polar surface area (TPSA) is 25.8 Å². The summed E-state index contributed by atoms with van der Waals surface area (Å²) in [6, 6.07) is 25.0. The number of fused-ring (bicyclic) bond motifs is 1. The Labute approximate surface area is 141 Å². The summed E-state index contributed by atoms with van der Waals surface area (Å²) in [5.41, 5.74) is 6.58. The SMILES string of the molecule is Cc1cccc(-c2nc(-c3cccc(C)c3)c3ccccc3n2)c1. The second-order valence-corrected chi connectivity index (χ2v) is 6.15. The fourth-order valence-corrected chi connectivity index (χ4v) is 3.00. The largest absolute Gasteiger partial charge is 0.228 e. The molecule has 24 heavy (non-hydrogen) atoms. The molecule has 0 saturated heterocycles. The lowest BCUT2D eigenvalue weighted by Gasteiger charge is -2.10. The Hall–Kier alpha value is -3.00. The van der Waals surface area contributed by atoms with Gasteiger partial charge in [0, 0.05) is 16.5 Å². The Kier molecular flexibility index (Phi) is 3.58. The van der Waals surface area contributed by atoms with Gasteiger partial charge in [-0.15, -0.1) is 0 Å². The second-order valence-electron chi connectivity index (χ2n) is 6.15. The highest BCUT2D eigenvalue weighted by Crippen LogP contribution is 2.29. The third kappa shape index (κ3) is 2.67. The van der Waals surface area contributed by atoms with Crippen LogP contribution >= 0.6 is 0 Å². The van der Waals surface area contributed by atoms with E-state index in [0.29, 0.717) is 0 Å². The van der Waals surface area contributed by atoms with Crippen molar-refractivity contribution >= 4 is 10.9 Å².